The average Bonchev–Trinajstić information content (AvgIpc) is 2.52. The van der Waals surface area contributed by atoms with E-state index >= 15 is 0 Å². The van der Waals surface area contributed by atoms with E-state index in [9.17, 15) is 0 Å². The zero-order chi connectivity index (χ0) is 14.4. The summed E-state index contributed by atoms with van der Waals surface area (Å²) in [4.78, 5) is 0. The van der Waals surface area contributed by atoms with Crippen LogP contribution in [0.2, 0.25) is 0 Å². The van der Waals surface area contributed by atoms with Crippen molar-refractivity contribution >= 4 is 0 Å². The van der Waals surface area contributed by atoms with Crippen LogP contribution in [0, 0.1) is 5.92 Å². The molecule has 1 aliphatic carbocycles. The van der Waals surface area contributed by atoms with Gasteiger partial charge in [-0.3, -0.25) is 0 Å². The highest BCUT2D eigenvalue weighted by Crippen LogP contribution is 2.30. The molecule has 2 N–H and O–H groups in total. The maximum Gasteiger partial charge on any atom is 0.123 e. The van der Waals surface area contributed by atoms with Gasteiger partial charge in [0.2, 0.25) is 0 Å². The molecule has 3 unspecified atom stereocenters. The van der Waals surface area contributed by atoms with E-state index in [2.05, 4.69) is 6.92 Å². The van der Waals surface area contributed by atoms with Crippen molar-refractivity contribution in [1.82, 2.24) is 0 Å². The Bertz CT molecular complexity index is 408. The molecule has 0 spiro atoms. The zero-order valence-electron chi connectivity index (χ0n) is 12.7. The van der Waals surface area contributed by atoms with Crippen molar-refractivity contribution in [2.45, 2.75) is 51.2 Å². The minimum atomic E-state index is -0.120. The van der Waals surface area contributed by atoms with E-state index in [0.29, 0.717) is 18.6 Å². The van der Waals surface area contributed by atoms with E-state index in [-0.39, 0.29) is 6.04 Å². The van der Waals surface area contributed by atoms with Crippen LogP contribution in [0.1, 0.15) is 50.6 Å². The van der Waals surface area contributed by atoms with Crippen LogP contribution in [0.3, 0.4) is 0 Å². The molecule has 20 heavy (non-hydrogen) atoms. The lowest BCUT2D eigenvalue weighted by Crippen LogP contribution is -2.30. The number of methoxy groups -OCH3 is 1. The minimum absolute atomic E-state index is 0.120. The van der Waals surface area contributed by atoms with Gasteiger partial charge in [-0.05, 0) is 24.8 Å². The van der Waals surface area contributed by atoms with Crippen LogP contribution in [0.25, 0.3) is 0 Å². The van der Waals surface area contributed by atoms with Crippen LogP contribution in [0.4, 0.5) is 0 Å². The SMILES string of the molecule is CCC1CCCCC1OCC(N)c1ccccc1OC. The van der Waals surface area contributed by atoms with Gasteiger partial charge < -0.3 is 15.2 Å². The molecule has 0 radical (unpaired) electrons. The maximum atomic E-state index is 6.27. The Hall–Kier alpha value is -1.06. The first-order chi connectivity index (χ1) is 9.76. The highest BCUT2D eigenvalue weighted by atomic mass is 16.5. The highest BCUT2D eigenvalue weighted by molar-refractivity contribution is 5.35. The molecule has 1 aliphatic rings. The second-order valence-electron chi connectivity index (χ2n) is 5.67. The summed E-state index contributed by atoms with van der Waals surface area (Å²) < 4.78 is 11.5. The third-order valence-electron chi connectivity index (χ3n) is 4.39. The van der Waals surface area contributed by atoms with Crippen LogP contribution < -0.4 is 10.5 Å². The van der Waals surface area contributed by atoms with Gasteiger partial charge in [0.15, 0.2) is 0 Å². The number of hydrogen-bond donors (Lipinski definition) is 1. The molecule has 0 saturated heterocycles. The van der Waals surface area contributed by atoms with Gasteiger partial charge in [0, 0.05) is 5.56 Å². The number of para-hydroxylation sites is 1. The number of rotatable bonds is 6. The fraction of sp³-hybridized carbons (Fsp3) is 0.647. The lowest BCUT2D eigenvalue weighted by atomic mass is 9.85. The molecule has 2 rings (SSSR count). The molecule has 1 saturated carbocycles. The largest absolute Gasteiger partial charge is 0.496 e. The summed E-state index contributed by atoms with van der Waals surface area (Å²) in [5, 5.41) is 0. The molecule has 1 fully saturated rings. The number of ether oxygens (including phenoxy) is 2. The average molecular weight is 277 g/mol. The summed E-state index contributed by atoms with van der Waals surface area (Å²) in [6.45, 7) is 2.83. The van der Waals surface area contributed by atoms with Crippen LogP contribution >= 0.6 is 0 Å². The molecule has 3 atom stereocenters. The molecule has 3 nitrogen and oxygen atoms in total. The number of nitrogens with two attached hydrogens (primary N) is 1. The second kappa shape index (κ2) is 7.65. The lowest BCUT2D eigenvalue weighted by Gasteiger charge is -2.31. The standard InChI is InChI=1S/C17H27NO2/c1-3-13-8-4-6-10-16(13)20-12-15(18)14-9-5-7-11-17(14)19-2/h5,7,9,11,13,15-16H,3-4,6,8,10,12,18H2,1-2H3. The van der Waals surface area contributed by atoms with E-state index in [4.69, 9.17) is 15.2 Å². The van der Waals surface area contributed by atoms with Crippen LogP contribution in [0.15, 0.2) is 24.3 Å². The molecule has 0 bridgehead atoms. The zero-order valence-corrected chi connectivity index (χ0v) is 12.7. The van der Waals surface area contributed by atoms with Crippen molar-refractivity contribution in [2.75, 3.05) is 13.7 Å². The Morgan fingerprint density at radius 1 is 1.25 bits per heavy atom. The fourth-order valence-corrected chi connectivity index (χ4v) is 3.15. The first kappa shape index (κ1) is 15.3. The molecular weight excluding hydrogens is 250 g/mol. The summed E-state index contributed by atoms with van der Waals surface area (Å²) in [6.07, 6.45) is 6.69. The number of benzene rings is 1. The smallest absolute Gasteiger partial charge is 0.123 e. The summed E-state index contributed by atoms with van der Waals surface area (Å²) >= 11 is 0. The summed E-state index contributed by atoms with van der Waals surface area (Å²) in [6, 6.07) is 7.80. The summed E-state index contributed by atoms with van der Waals surface area (Å²) in [5.41, 5.74) is 7.30. The molecular formula is C17H27NO2. The Morgan fingerprint density at radius 2 is 2.00 bits per heavy atom. The van der Waals surface area contributed by atoms with E-state index < -0.39 is 0 Å². The number of hydrogen-bond acceptors (Lipinski definition) is 3. The minimum Gasteiger partial charge on any atom is -0.496 e. The molecule has 1 aromatic rings. The van der Waals surface area contributed by atoms with Crippen LogP contribution in [0.5, 0.6) is 5.75 Å². The van der Waals surface area contributed by atoms with Crippen LogP contribution in [-0.4, -0.2) is 19.8 Å². The summed E-state index contributed by atoms with van der Waals surface area (Å²) in [5.74, 6) is 1.55. The van der Waals surface area contributed by atoms with Crippen molar-refractivity contribution < 1.29 is 9.47 Å². The van der Waals surface area contributed by atoms with E-state index in [1.165, 1.54) is 32.1 Å². The first-order valence-electron chi connectivity index (χ1n) is 7.76. The third-order valence-corrected chi connectivity index (χ3v) is 4.39. The van der Waals surface area contributed by atoms with E-state index in [0.717, 1.165) is 11.3 Å². The predicted molar refractivity (Wildman–Crippen MR) is 81.9 cm³/mol. The molecule has 3 heteroatoms. The molecule has 0 aromatic heterocycles. The van der Waals surface area contributed by atoms with Gasteiger partial charge in [-0.25, -0.2) is 0 Å². The monoisotopic (exact) mass is 277 g/mol. The predicted octanol–water partition coefficient (Wildman–Crippen LogP) is 3.68. The molecule has 112 valence electrons. The quantitative estimate of drug-likeness (QED) is 0.862. The van der Waals surface area contributed by atoms with Crippen LogP contribution in [-0.2, 0) is 4.74 Å². The topological polar surface area (TPSA) is 44.5 Å². The van der Waals surface area contributed by atoms with Gasteiger partial charge in [0.1, 0.15) is 5.75 Å². The molecule has 0 heterocycles. The van der Waals surface area contributed by atoms with Gasteiger partial charge in [0.05, 0.1) is 25.9 Å². The lowest BCUT2D eigenvalue weighted by molar-refractivity contribution is -0.0182. The van der Waals surface area contributed by atoms with Crippen molar-refractivity contribution in [2.24, 2.45) is 11.7 Å². The van der Waals surface area contributed by atoms with Gasteiger partial charge >= 0.3 is 0 Å². The van der Waals surface area contributed by atoms with Gasteiger partial charge in [0.25, 0.3) is 0 Å². The second-order valence-corrected chi connectivity index (χ2v) is 5.67. The molecule has 1 aromatic carbocycles. The molecule has 0 aliphatic heterocycles. The Morgan fingerprint density at radius 3 is 2.75 bits per heavy atom. The first-order valence-corrected chi connectivity index (χ1v) is 7.76. The third kappa shape index (κ3) is 3.74. The van der Waals surface area contributed by atoms with E-state index in [1.807, 2.05) is 24.3 Å². The fourth-order valence-electron chi connectivity index (χ4n) is 3.15. The van der Waals surface area contributed by atoms with E-state index in [1.54, 1.807) is 7.11 Å². The normalized spacial score (nSPS) is 24.4. The summed E-state index contributed by atoms with van der Waals surface area (Å²) in [7, 11) is 1.68. The Labute approximate surface area is 122 Å². The Balaban J connectivity index is 1.92. The maximum absolute atomic E-state index is 6.27. The molecule has 0 amide bonds. The van der Waals surface area contributed by atoms with Crippen molar-refractivity contribution in [3.8, 4) is 5.75 Å². The van der Waals surface area contributed by atoms with Crippen molar-refractivity contribution in [1.29, 1.82) is 0 Å². The highest BCUT2D eigenvalue weighted by Gasteiger charge is 2.25. The van der Waals surface area contributed by atoms with Gasteiger partial charge in [-0.2, -0.15) is 0 Å². The van der Waals surface area contributed by atoms with Gasteiger partial charge in [-0.1, -0.05) is 44.4 Å². The Kier molecular flexibility index (Phi) is 5.86. The van der Waals surface area contributed by atoms with Crippen molar-refractivity contribution in [3.63, 3.8) is 0 Å². The van der Waals surface area contributed by atoms with Crippen molar-refractivity contribution in [3.05, 3.63) is 29.8 Å². The van der Waals surface area contributed by atoms with Gasteiger partial charge in [-0.15, -0.1) is 0 Å².